The van der Waals surface area contributed by atoms with E-state index in [-0.39, 0.29) is 12.3 Å². The van der Waals surface area contributed by atoms with Crippen molar-refractivity contribution >= 4 is 5.91 Å². The van der Waals surface area contributed by atoms with Gasteiger partial charge < -0.3 is 9.84 Å². The van der Waals surface area contributed by atoms with E-state index in [2.05, 4.69) is 75.8 Å². The van der Waals surface area contributed by atoms with Crippen LogP contribution in [0.1, 0.15) is 54.1 Å². The Bertz CT molecular complexity index is 970. The molecule has 6 nitrogen and oxygen atoms in total. The van der Waals surface area contributed by atoms with E-state index in [1.807, 2.05) is 6.07 Å². The van der Waals surface area contributed by atoms with Crippen LogP contribution in [0, 0.1) is 0 Å². The molecule has 1 aliphatic heterocycles. The number of carbonyl (C=O) groups excluding carboxylic acids is 1. The molecule has 0 bridgehead atoms. The summed E-state index contributed by atoms with van der Waals surface area (Å²) in [4.78, 5) is 18.8. The molecule has 3 aromatic rings. The Hall–Kier alpha value is -2.99. The van der Waals surface area contributed by atoms with Gasteiger partial charge in [-0.3, -0.25) is 9.69 Å². The van der Waals surface area contributed by atoms with Crippen LogP contribution >= 0.6 is 0 Å². The molecule has 0 saturated heterocycles. The normalized spacial score (nSPS) is 16.2. The van der Waals surface area contributed by atoms with Crippen molar-refractivity contribution in [1.82, 2.24) is 20.4 Å². The van der Waals surface area contributed by atoms with Gasteiger partial charge in [0.1, 0.15) is 0 Å². The van der Waals surface area contributed by atoms with Crippen molar-refractivity contribution in [2.75, 3.05) is 13.1 Å². The van der Waals surface area contributed by atoms with Crippen molar-refractivity contribution in [1.29, 1.82) is 0 Å². The van der Waals surface area contributed by atoms with Crippen molar-refractivity contribution in [3.05, 3.63) is 83.0 Å². The van der Waals surface area contributed by atoms with Crippen LogP contribution in [0.5, 0.6) is 0 Å². The molecule has 156 valence electrons. The second-order valence-electron chi connectivity index (χ2n) is 7.82. The highest BCUT2D eigenvalue weighted by molar-refractivity contribution is 5.77. The third-order valence-corrected chi connectivity index (χ3v) is 5.51. The molecule has 1 aromatic heterocycles. The van der Waals surface area contributed by atoms with Crippen LogP contribution in [0.3, 0.4) is 0 Å². The average molecular weight is 405 g/mol. The van der Waals surface area contributed by atoms with Gasteiger partial charge in [-0.1, -0.05) is 73.1 Å². The Morgan fingerprint density at radius 1 is 1.17 bits per heavy atom. The first kappa shape index (κ1) is 20.3. The first-order valence-electron chi connectivity index (χ1n) is 10.7. The molecular weight excluding hydrogens is 376 g/mol. The molecule has 1 amide bonds. The fourth-order valence-electron chi connectivity index (χ4n) is 4.00. The van der Waals surface area contributed by atoms with Crippen LogP contribution in [0.4, 0.5) is 0 Å². The molecule has 1 aliphatic rings. The number of nitrogens with one attached hydrogen (secondary N) is 1. The SMILES string of the molecule is CCCCNC(=O)Cc1noc(CN2Cc3ccccc3[C@@H](c3ccccc3)C2)n1. The predicted molar refractivity (Wildman–Crippen MR) is 115 cm³/mol. The number of amides is 1. The third kappa shape index (κ3) is 4.94. The molecule has 2 aromatic carbocycles. The van der Waals surface area contributed by atoms with Gasteiger partial charge in [-0.15, -0.1) is 0 Å². The Labute approximate surface area is 177 Å². The fourth-order valence-corrected chi connectivity index (χ4v) is 4.00. The maximum Gasteiger partial charge on any atom is 0.240 e. The van der Waals surface area contributed by atoms with Gasteiger partial charge in [0.05, 0.1) is 13.0 Å². The van der Waals surface area contributed by atoms with Crippen LogP contribution in [-0.4, -0.2) is 34.0 Å². The smallest absolute Gasteiger partial charge is 0.240 e. The number of aromatic nitrogens is 2. The lowest BCUT2D eigenvalue weighted by Gasteiger charge is -2.34. The summed E-state index contributed by atoms with van der Waals surface area (Å²) in [6.45, 7) is 5.08. The molecule has 30 heavy (non-hydrogen) atoms. The standard InChI is InChI=1S/C24H28N4O2/c1-2-3-13-25-23(29)14-22-26-24(30-27-22)17-28-15-19-11-7-8-12-20(19)21(16-28)18-9-5-4-6-10-18/h4-12,21H,2-3,13-17H2,1H3,(H,25,29)/t21-/m1/s1. The molecule has 0 saturated carbocycles. The van der Waals surface area contributed by atoms with Crippen molar-refractivity contribution in [3.63, 3.8) is 0 Å². The van der Waals surface area contributed by atoms with Gasteiger partial charge in [-0.05, 0) is 23.1 Å². The monoisotopic (exact) mass is 404 g/mol. The van der Waals surface area contributed by atoms with Gasteiger partial charge >= 0.3 is 0 Å². The maximum absolute atomic E-state index is 12.0. The van der Waals surface area contributed by atoms with Crippen molar-refractivity contribution in [2.24, 2.45) is 0 Å². The maximum atomic E-state index is 12.0. The quantitative estimate of drug-likeness (QED) is 0.580. The lowest BCUT2D eigenvalue weighted by atomic mass is 9.85. The number of unbranched alkanes of at least 4 members (excludes halogenated alkanes) is 1. The summed E-state index contributed by atoms with van der Waals surface area (Å²) in [5.74, 6) is 1.24. The summed E-state index contributed by atoms with van der Waals surface area (Å²) in [5.41, 5.74) is 4.02. The van der Waals surface area contributed by atoms with E-state index in [0.717, 1.165) is 25.9 Å². The molecule has 6 heteroatoms. The van der Waals surface area contributed by atoms with Crippen LogP contribution < -0.4 is 5.32 Å². The molecule has 0 aliphatic carbocycles. The van der Waals surface area contributed by atoms with Gasteiger partial charge in [-0.25, -0.2) is 0 Å². The second kappa shape index (κ2) is 9.67. The summed E-state index contributed by atoms with van der Waals surface area (Å²) in [6, 6.07) is 19.2. The molecule has 0 unspecified atom stereocenters. The first-order valence-corrected chi connectivity index (χ1v) is 10.7. The zero-order valence-electron chi connectivity index (χ0n) is 17.4. The van der Waals surface area contributed by atoms with Gasteiger partial charge in [0, 0.05) is 25.6 Å². The summed E-state index contributed by atoms with van der Waals surface area (Å²) in [7, 11) is 0. The molecule has 0 radical (unpaired) electrons. The Morgan fingerprint density at radius 2 is 1.97 bits per heavy atom. The summed E-state index contributed by atoms with van der Waals surface area (Å²) >= 11 is 0. The largest absolute Gasteiger partial charge is 0.356 e. The lowest BCUT2D eigenvalue weighted by molar-refractivity contribution is -0.120. The fraction of sp³-hybridized carbons (Fsp3) is 0.375. The summed E-state index contributed by atoms with van der Waals surface area (Å²) < 4.78 is 5.44. The third-order valence-electron chi connectivity index (χ3n) is 5.51. The van der Waals surface area contributed by atoms with Gasteiger partial charge in [0.25, 0.3) is 0 Å². The summed E-state index contributed by atoms with van der Waals surface area (Å²) in [5, 5.41) is 6.88. The number of benzene rings is 2. The van der Waals surface area contributed by atoms with E-state index >= 15 is 0 Å². The average Bonchev–Trinajstić information content (AvgIpc) is 3.20. The first-order chi connectivity index (χ1) is 14.7. The second-order valence-corrected chi connectivity index (χ2v) is 7.82. The molecule has 0 spiro atoms. The van der Waals surface area contributed by atoms with Crippen LogP contribution in [-0.2, 0) is 24.3 Å². The summed E-state index contributed by atoms with van der Waals surface area (Å²) in [6.07, 6.45) is 2.18. The molecule has 1 atom stereocenters. The number of carbonyl (C=O) groups is 1. The van der Waals surface area contributed by atoms with E-state index < -0.39 is 0 Å². The van der Waals surface area contributed by atoms with Crippen molar-refractivity contribution in [2.45, 2.75) is 45.2 Å². The van der Waals surface area contributed by atoms with Crippen LogP contribution in [0.25, 0.3) is 0 Å². The number of hydrogen-bond acceptors (Lipinski definition) is 5. The number of nitrogens with zero attached hydrogens (tertiary/aromatic N) is 3. The number of fused-ring (bicyclic) bond motifs is 1. The van der Waals surface area contributed by atoms with Gasteiger partial charge in [0.2, 0.25) is 11.8 Å². The number of hydrogen-bond donors (Lipinski definition) is 1. The molecule has 4 rings (SSSR count). The molecule has 1 N–H and O–H groups in total. The van der Waals surface area contributed by atoms with E-state index in [1.165, 1.54) is 16.7 Å². The molecule has 0 fully saturated rings. The van der Waals surface area contributed by atoms with Gasteiger partial charge in [-0.2, -0.15) is 4.98 Å². The highest BCUT2D eigenvalue weighted by Gasteiger charge is 2.27. The zero-order valence-corrected chi connectivity index (χ0v) is 17.4. The Kier molecular flexibility index (Phi) is 6.54. The molecule has 2 heterocycles. The number of rotatable bonds is 8. The van der Waals surface area contributed by atoms with Crippen LogP contribution in [0.2, 0.25) is 0 Å². The zero-order chi connectivity index (χ0) is 20.8. The lowest BCUT2D eigenvalue weighted by Crippen LogP contribution is -2.33. The minimum atomic E-state index is -0.0631. The minimum Gasteiger partial charge on any atom is -0.356 e. The minimum absolute atomic E-state index is 0.0631. The predicted octanol–water partition coefficient (Wildman–Crippen LogP) is 3.68. The Morgan fingerprint density at radius 3 is 2.80 bits per heavy atom. The van der Waals surface area contributed by atoms with Crippen molar-refractivity contribution in [3.8, 4) is 0 Å². The van der Waals surface area contributed by atoms with Crippen LogP contribution in [0.15, 0.2) is 59.1 Å². The van der Waals surface area contributed by atoms with E-state index in [0.29, 0.717) is 30.7 Å². The van der Waals surface area contributed by atoms with E-state index in [4.69, 9.17) is 4.52 Å². The van der Waals surface area contributed by atoms with E-state index in [9.17, 15) is 4.79 Å². The van der Waals surface area contributed by atoms with Gasteiger partial charge in [0.15, 0.2) is 5.82 Å². The highest BCUT2D eigenvalue weighted by atomic mass is 16.5. The van der Waals surface area contributed by atoms with E-state index in [1.54, 1.807) is 0 Å². The molecular formula is C24H28N4O2. The Balaban J connectivity index is 1.43. The topological polar surface area (TPSA) is 71.3 Å². The van der Waals surface area contributed by atoms with Crippen molar-refractivity contribution < 1.29 is 9.32 Å². The highest BCUT2D eigenvalue weighted by Crippen LogP contribution is 2.33.